The van der Waals surface area contributed by atoms with Crippen molar-refractivity contribution in [2.45, 2.75) is 0 Å². The molecule has 1 nitrogen and oxygen atoms in total. The van der Waals surface area contributed by atoms with Crippen molar-refractivity contribution in [1.29, 1.82) is 0 Å². The highest BCUT2D eigenvalue weighted by atomic mass is 16.3. The number of rotatable bonds is 3. The summed E-state index contributed by atoms with van der Waals surface area (Å²) < 4.78 is 248. The van der Waals surface area contributed by atoms with Gasteiger partial charge in [-0.25, -0.2) is 0 Å². The largest absolute Gasteiger partial charge is 0.455 e. The molecule has 0 unspecified atom stereocenters. The fraction of sp³-hybridized carbons (Fsp3) is 0. The van der Waals surface area contributed by atoms with Crippen molar-refractivity contribution in [3.8, 4) is 33.4 Å². The lowest BCUT2D eigenvalue weighted by Crippen LogP contribution is -1.91. The van der Waals surface area contributed by atoms with Crippen molar-refractivity contribution in [2.75, 3.05) is 0 Å². The third kappa shape index (κ3) is 3.97. The van der Waals surface area contributed by atoms with E-state index in [9.17, 15) is 13.7 Å². The first-order chi connectivity index (χ1) is 34.6. The highest BCUT2D eigenvalue weighted by Crippen LogP contribution is 2.45. The fourth-order valence-electron chi connectivity index (χ4n) is 5.84. The number of furan rings is 1. The minimum absolute atomic E-state index is 0.342. The van der Waals surface area contributed by atoms with E-state index >= 15 is 0 Å². The zero-order valence-corrected chi connectivity index (χ0v) is 23.5. The highest BCUT2D eigenvalue weighted by Gasteiger charge is 2.18. The van der Waals surface area contributed by atoms with Gasteiger partial charge in [0, 0.05) is 16.2 Å². The zero-order valence-electron chi connectivity index (χ0n) is 50.5. The summed E-state index contributed by atoms with van der Waals surface area (Å²) in [4.78, 5) is 0. The van der Waals surface area contributed by atoms with E-state index < -0.39 is 256 Å². The van der Waals surface area contributed by atoms with Crippen LogP contribution in [0.15, 0.2) is 174 Å². The topological polar surface area (TPSA) is 13.1 Å². The highest BCUT2D eigenvalue weighted by molar-refractivity contribution is 6.22. The van der Waals surface area contributed by atoms with Crippen molar-refractivity contribution in [3.63, 3.8) is 0 Å². The third-order valence-electron chi connectivity index (χ3n) is 7.85. The van der Waals surface area contributed by atoms with Crippen molar-refractivity contribution in [3.05, 3.63) is 169 Å². The summed E-state index contributed by atoms with van der Waals surface area (Å²) >= 11 is 0. The lowest BCUT2D eigenvalue weighted by molar-refractivity contribution is 0.673. The maximum Gasteiger partial charge on any atom is 0.143 e. The first kappa shape index (κ1) is 11.0. The van der Waals surface area contributed by atoms with Crippen LogP contribution in [-0.4, -0.2) is 0 Å². The van der Waals surface area contributed by atoms with Gasteiger partial charge in [0.2, 0.25) is 0 Å². The maximum absolute atomic E-state index is 9.66. The average Bonchev–Trinajstić information content (AvgIpc) is 3.77. The Labute approximate surface area is 309 Å². The Bertz CT molecular complexity index is 4280. The van der Waals surface area contributed by atoms with Crippen LogP contribution in [0.25, 0.3) is 98.4 Å². The Balaban J connectivity index is 1.43. The number of hydrogen-bond donors (Lipinski definition) is 0. The van der Waals surface area contributed by atoms with Gasteiger partial charge in [-0.05, 0) is 89.2 Å². The predicted molar refractivity (Wildman–Crippen MR) is 200 cm³/mol. The molecular weight excluding hydrogens is 569 g/mol. The van der Waals surface area contributed by atoms with Crippen LogP contribution in [0.5, 0.6) is 0 Å². The molecule has 0 aliphatic carbocycles. The third-order valence-corrected chi connectivity index (χ3v) is 7.85. The Morgan fingerprint density at radius 3 is 1.60 bits per heavy atom. The molecule has 0 aliphatic rings. The molecule has 10 aromatic rings. The van der Waals surface area contributed by atoms with Crippen LogP contribution in [0.4, 0.5) is 0 Å². The summed E-state index contributed by atoms with van der Waals surface area (Å²) in [6.45, 7) is 0. The summed E-state index contributed by atoms with van der Waals surface area (Å²) in [7, 11) is 0. The molecule has 1 heteroatoms. The Kier molecular flexibility index (Phi) is 2.37. The van der Waals surface area contributed by atoms with Gasteiger partial charge in [0.25, 0.3) is 0 Å². The molecule has 0 radical (unpaired) electrons. The summed E-state index contributed by atoms with van der Waals surface area (Å²) in [5.74, 6) is 0. The number of benzene rings is 9. The van der Waals surface area contributed by atoms with E-state index in [4.69, 9.17) is 27.7 Å². The van der Waals surface area contributed by atoms with Gasteiger partial charge in [-0.1, -0.05) is 151 Å². The molecule has 0 aliphatic heterocycles. The zero-order chi connectivity index (χ0) is 54.4. The van der Waals surface area contributed by atoms with E-state index in [1.165, 1.54) is 0 Å². The lowest BCUT2D eigenvalue weighted by Gasteiger charge is -2.18. The SMILES string of the molecule is [2H]c1c([2H])c(-c2c([2H])c([2H])c([2H])c3oc4c5c([2H])c([2H])c([2H])c([2H])c5c([2H])c([2H])c4c23)c([2H])c([2H])c1-c1c2c([2H])c([2H])c([2H])c([2H])c2c(-c2cc3c([2H])c([2H])c([2H])c([2H])c3c([2H])c2[2H])c2c([2H])c([2H])c([2H])c([2H])c12. The van der Waals surface area contributed by atoms with Gasteiger partial charge >= 0.3 is 0 Å². The van der Waals surface area contributed by atoms with Crippen LogP contribution in [0.1, 0.15) is 37.0 Å². The second-order valence-corrected chi connectivity index (χ2v) is 10.4. The van der Waals surface area contributed by atoms with Crippen LogP contribution < -0.4 is 0 Å². The Morgan fingerprint density at radius 1 is 0.362 bits per heavy atom. The van der Waals surface area contributed by atoms with E-state index in [1.807, 2.05) is 0 Å². The number of fused-ring (bicyclic) bond motifs is 8. The predicted octanol–water partition coefficient (Wildman–Crippen LogP) is 13.2. The van der Waals surface area contributed by atoms with E-state index in [2.05, 4.69) is 0 Å². The van der Waals surface area contributed by atoms with Gasteiger partial charge in [0.1, 0.15) is 11.2 Å². The molecule has 10 rings (SSSR count). The molecule has 0 bridgehead atoms. The molecule has 47 heavy (non-hydrogen) atoms. The second kappa shape index (κ2) is 10.2. The van der Waals surface area contributed by atoms with Crippen LogP contribution in [0, 0.1) is 0 Å². The fourth-order valence-corrected chi connectivity index (χ4v) is 5.84. The van der Waals surface area contributed by atoms with Crippen LogP contribution >= 0.6 is 0 Å². The molecule has 1 aromatic heterocycles. The first-order valence-electron chi connectivity index (χ1n) is 27.5. The molecule has 9 aromatic carbocycles. The Hall–Kier alpha value is -6.18. The summed E-state index contributed by atoms with van der Waals surface area (Å²) in [6.07, 6.45) is 0. The summed E-state index contributed by atoms with van der Waals surface area (Å²) in [5.41, 5.74) is -5.10. The van der Waals surface area contributed by atoms with Gasteiger partial charge in [0.15, 0.2) is 0 Å². The molecule has 218 valence electrons. The van der Waals surface area contributed by atoms with E-state index in [-0.39, 0.29) is 5.39 Å². The smallest absolute Gasteiger partial charge is 0.143 e. The maximum atomic E-state index is 9.66. The van der Waals surface area contributed by atoms with Crippen molar-refractivity contribution in [1.82, 2.24) is 0 Å². The molecule has 0 fully saturated rings. The number of hydrogen-bond acceptors (Lipinski definition) is 1. The van der Waals surface area contributed by atoms with Gasteiger partial charge in [-0.3, -0.25) is 0 Å². The van der Waals surface area contributed by atoms with E-state index in [0.717, 1.165) is 6.07 Å². The minimum Gasteiger partial charge on any atom is -0.455 e. The van der Waals surface area contributed by atoms with Gasteiger partial charge in [-0.15, -0.1) is 0 Å². The Morgan fingerprint density at radius 2 is 0.894 bits per heavy atom. The van der Waals surface area contributed by atoms with Crippen LogP contribution in [0.2, 0.25) is 0 Å². The van der Waals surface area contributed by atoms with E-state index in [0.29, 0.717) is 0 Å². The summed E-state index contributed by atoms with van der Waals surface area (Å²) in [6, 6.07) is -22.2. The lowest BCUT2D eigenvalue weighted by atomic mass is 9.85. The van der Waals surface area contributed by atoms with E-state index in [1.54, 1.807) is 0 Å². The van der Waals surface area contributed by atoms with Gasteiger partial charge < -0.3 is 4.42 Å². The average molecular weight is 624 g/mol. The molecular formula is C46H28O. The molecule has 0 amide bonds. The standard InChI is InChI=1S/C46H28O/c1-2-12-33-28-34(25-20-29(33)10-1)44-39-16-7-5-14-37(39)43(38-15-6-8-17-40(38)44)32-23-21-31(22-24-32)35-18-9-19-42-45(35)41-27-26-30-11-3-4-13-36(30)46(41)47-42/h1-28H/i1D,2D,3D,4D,5D,6D,7D,8D,9D,10D,11D,12D,13D,14D,15D,16D,17D,18D,19D,20D,21D,22D,23D,24D,25D,26D,27D. The monoisotopic (exact) mass is 623 g/mol. The molecule has 1 heterocycles. The molecule has 0 N–H and O–H groups in total. The second-order valence-electron chi connectivity index (χ2n) is 10.4. The van der Waals surface area contributed by atoms with Crippen molar-refractivity contribution < 1.29 is 41.4 Å². The van der Waals surface area contributed by atoms with Crippen molar-refractivity contribution >= 4 is 65.0 Å². The molecule has 0 saturated heterocycles. The quantitative estimate of drug-likeness (QED) is 0.178. The molecule has 0 saturated carbocycles. The van der Waals surface area contributed by atoms with Gasteiger partial charge in [0.05, 0.1) is 37.0 Å². The normalized spacial score (nSPS) is 19.9. The van der Waals surface area contributed by atoms with Crippen molar-refractivity contribution in [2.24, 2.45) is 0 Å². The molecule has 0 atom stereocenters. The van der Waals surface area contributed by atoms with Gasteiger partial charge in [-0.2, -0.15) is 0 Å². The first-order valence-corrected chi connectivity index (χ1v) is 14.0. The molecule has 0 spiro atoms. The van der Waals surface area contributed by atoms with Crippen LogP contribution in [0.3, 0.4) is 0 Å². The minimum atomic E-state index is -1.07. The summed E-state index contributed by atoms with van der Waals surface area (Å²) in [5, 5.41) is -5.13. The van der Waals surface area contributed by atoms with Crippen LogP contribution in [-0.2, 0) is 0 Å².